The van der Waals surface area contributed by atoms with E-state index in [-0.39, 0.29) is 29.9 Å². The number of ether oxygens (including phenoxy) is 5. The molecule has 4 heterocycles. The van der Waals surface area contributed by atoms with Gasteiger partial charge in [-0.25, -0.2) is 4.79 Å². The molecule has 1 amide bonds. The van der Waals surface area contributed by atoms with E-state index >= 15 is 0 Å². The van der Waals surface area contributed by atoms with Crippen molar-refractivity contribution in [3.63, 3.8) is 0 Å². The summed E-state index contributed by atoms with van der Waals surface area (Å²) in [6.45, 7) is 16.2. The van der Waals surface area contributed by atoms with Crippen molar-refractivity contribution in [3.8, 4) is 0 Å². The number of piperidine rings is 1. The summed E-state index contributed by atoms with van der Waals surface area (Å²) in [4.78, 5) is 44.9. The Labute approximate surface area is 293 Å². The number of aliphatic hydroxyl groups is 1. The lowest BCUT2D eigenvalue weighted by Gasteiger charge is -2.47. The normalized spacial score (nSPS) is 43.6. The molecular weight excluding hydrogens is 632 g/mol. The van der Waals surface area contributed by atoms with Crippen LogP contribution < -0.4 is 10.6 Å². The summed E-state index contributed by atoms with van der Waals surface area (Å²) in [5.74, 6) is -3.01. The van der Waals surface area contributed by atoms with Gasteiger partial charge in [0.1, 0.15) is 18.1 Å². The van der Waals surface area contributed by atoms with E-state index in [1.54, 1.807) is 27.9 Å². The van der Waals surface area contributed by atoms with Crippen LogP contribution >= 0.6 is 0 Å². The molecule has 0 bridgehead atoms. The van der Waals surface area contributed by atoms with Gasteiger partial charge >= 0.3 is 12.1 Å². The monoisotopic (exact) mass is 696 g/mol. The molecule has 49 heavy (non-hydrogen) atoms. The summed E-state index contributed by atoms with van der Waals surface area (Å²) in [6, 6.07) is -0.942. The summed E-state index contributed by atoms with van der Waals surface area (Å²) in [5.41, 5.74) is -2.16. The maximum atomic E-state index is 14.3. The lowest BCUT2D eigenvalue weighted by molar-refractivity contribution is -0.299. The predicted octanol–water partition coefficient (Wildman–Crippen LogP) is 2.72. The number of fused-ring (bicyclic) bond motifs is 1. The number of aliphatic hydroxyl groups excluding tert-OH is 1. The van der Waals surface area contributed by atoms with Gasteiger partial charge in [0.25, 0.3) is 0 Å². The summed E-state index contributed by atoms with van der Waals surface area (Å²) in [5, 5.41) is 18.1. The van der Waals surface area contributed by atoms with E-state index in [1.165, 1.54) is 6.42 Å². The van der Waals surface area contributed by atoms with Gasteiger partial charge in [-0.3, -0.25) is 9.59 Å². The molecule has 282 valence electrons. The van der Waals surface area contributed by atoms with Crippen molar-refractivity contribution in [3.05, 3.63) is 0 Å². The van der Waals surface area contributed by atoms with Crippen LogP contribution in [0.25, 0.3) is 0 Å². The number of ketones is 1. The molecule has 3 unspecified atom stereocenters. The van der Waals surface area contributed by atoms with Gasteiger partial charge in [-0.1, -0.05) is 27.2 Å². The average molecular weight is 697 g/mol. The zero-order valence-electron chi connectivity index (χ0n) is 31.5. The van der Waals surface area contributed by atoms with E-state index in [1.807, 2.05) is 39.8 Å². The number of hydrogen-bond donors (Lipinski definition) is 3. The molecule has 13 heteroatoms. The second-order valence-corrected chi connectivity index (χ2v) is 15.8. The minimum absolute atomic E-state index is 0.0334. The Morgan fingerprint density at radius 3 is 2.35 bits per heavy atom. The molecule has 0 radical (unpaired) electrons. The predicted molar refractivity (Wildman–Crippen MR) is 184 cm³/mol. The minimum Gasteiger partial charge on any atom is -0.458 e. The number of carbonyl (C=O) groups excluding carboxylic acids is 3. The number of cyclic esters (lactones) is 1. The Bertz CT molecular complexity index is 1140. The quantitative estimate of drug-likeness (QED) is 0.266. The topological polar surface area (TPSA) is 148 Å². The van der Waals surface area contributed by atoms with Gasteiger partial charge in [0, 0.05) is 31.7 Å². The number of rotatable bonds is 7. The Morgan fingerprint density at radius 2 is 1.73 bits per heavy atom. The number of Topliss-reactive ketones (excluding diaryl/α,β-unsaturated/α-hetero) is 1. The molecule has 3 N–H and O–H groups in total. The van der Waals surface area contributed by atoms with E-state index in [4.69, 9.17) is 23.7 Å². The highest BCUT2D eigenvalue weighted by Crippen LogP contribution is 2.38. The van der Waals surface area contributed by atoms with Crippen molar-refractivity contribution in [2.24, 2.45) is 17.8 Å². The Morgan fingerprint density at radius 1 is 1.06 bits per heavy atom. The molecule has 0 aromatic heterocycles. The second kappa shape index (κ2) is 16.6. The largest absolute Gasteiger partial charge is 0.458 e. The van der Waals surface area contributed by atoms with Gasteiger partial charge in [-0.15, -0.1) is 0 Å². The third-order valence-electron chi connectivity index (χ3n) is 11.6. The number of likely N-dealkylation sites (N-methyl/N-ethyl adjacent to an activating group) is 1. The molecule has 0 aliphatic carbocycles. The van der Waals surface area contributed by atoms with Crippen LogP contribution in [-0.2, 0) is 33.3 Å². The first-order chi connectivity index (χ1) is 23.0. The van der Waals surface area contributed by atoms with Gasteiger partial charge in [-0.05, 0) is 99.4 Å². The summed E-state index contributed by atoms with van der Waals surface area (Å²) >= 11 is 0. The van der Waals surface area contributed by atoms with Gasteiger partial charge in [0.15, 0.2) is 17.7 Å². The first-order valence-corrected chi connectivity index (χ1v) is 18.4. The highest BCUT2D eigenvalue weighted by Gasteiger charge is 2.55. The Hall–Kier alpha value is -1.87. The number of likely N-dealkylation sites (tertiary alicyclic amines) is 1. The van der Waals surface area contributed by atoms with E-state index in [9.17, 15) is 19.5 Å². The summed E-state index contributed by atoms with van der Waals surface area (Å²) in [6.07, 6.45) is 0.670. The van der Waals surface area contributed by atoms with Crippen molar-refractivity contribution >= 4 is 17.8 Å². The summed E-state index contributed by atoms with van der Waals surface area (Å²) in [7, 11) is 5.49. The molecular formula is C36H64N4O9. The Kier molecular flexibility index (Phi) is 13.6. The summed E-state index contributed by atoms with van der Waals surface area (Å²) < 4.78 is 31.4. The van der Waals surface area contributed by atoms with Crippen LogP contribution in [-0.4, -0.2) is 140 Å². The van der Waals surface area contributed by atoms with Crippen molar-refractivity contribution < 1.29 is 43.2 Å². The van der Waals surface area contributed by atoms with Gasteiger partial charge in [0.05, 0.1) is 23.9 Å². The number of hydrogen-bond acceptors (Lipinski definition) is 12. The van der Waals surface area contributed by atoms with Crippen LogP contribution in [0.5, 0.6) is 0 Å². The van der Waals surface area contributed by atoms with Crippen LogP contribution in [0.4, 0.5) is 4.79 Å². The lowest BCUT2D eigenvalue weighted by atomic mass is 9.78. The molecule has 0 spiro atoms. The SMILES string of the molecule is CC[C@H]1OC(=O)[C@H](C)C(=O)[C@H](C)[C@@H](O[C@@H]2OC(CN3CCCCC3)CC(N(C)C)C2O)[C@](C)(OC)C[C@@H](C)CN[C@H](C)[C@H]2NC(=O)O[C@@]21C. The molecule has 4 saturated heterocycles. The van der Waals surface area contributed by atoms with Crippen LogP contribution in [0.15, 0.2) is 0 Å². The molecule has 0 saturated carbocycles. The third kappa shape index (κ3) is 8.96. The standard InChI is InChI=1S/C36H64N4O9/c1-11-27-36(7)30(38-34(44)49-36)24(5)37-19-21(2)18-35(6,45-10)31(22(3)28(41)23(4)32(43)47-27)48-33-29(42)26(39(8)9)17-25(46-33)20-40-15-13-12-14-16-40/h21-27,29-31,33,37,42H,11-20H2,1-10H3,(H,38,44)/t21-,22+,23-,24-,25?,26?,27-,29?,30-,31-,33+,35-,36-/m1/s1. The van der Waals surface area contributed by atoms with E-state index in [0.29, 0.717) is 25.8 Å². The average Bonchev–Trinajstić information content (AvgIpc) is 3.38. The molecule has 13 nitrogen and oxygen atoms in total. The van der Waals surface area contributed by atoms with Crippen molar-refractivity contribution in [2.75, 3.05) is 47.4 Å². The maximum absolute atomic E-state index is 14.3. The minimum atomic E-state index is -1.15. The molecule has 0 aromatic carbocycles. The number of nitrogens with one attached hydrogen (secondary N) is 2. The van der Waals surface area contributed by atoms with Crippen LogP contribution in [0.3, 0.4) is 0 Å². The van der Waals surface area contributed by atoms with Crippen molar-refractivity contribution in [1.82, 2.24) is 20.4 Å². The molecule has 13 atom stereocenters. The van der Waals surface area contributed by atoms with E-state index in [2.05, 4.69) is 22.5 Å². The molecule has 0 aromatic rings. The first kappa shape index (κ1) is 39.9. The lowest BCUT2D eigenvalue weighted by Crippen LogP contribution is -2.60. The first-order valence-electron chi connectivity index (χ1n) is 18.4. The molecule has 4 rings (SSSR count). The number of nitrogens with zero attached hydrogens (tertiary/aromatic N) is 2. The fourth-order valence-electron chi connectivity index (χ4n) is 8.57. The van der Waals surface area contributed by atoms with Crippen molar-refractivity contribution in [2.45, 2.75) is 147 Å². The fraction of sp³-hybridized carbons (Fsp3) is 0.917. The Balaban J connectivity index is 1.67. The zero-order valence-corrected chi connectivity index (χ0v) is 31.5. The molecule has 4 fully saturated rings. The zero-order chi connectivity index (χ0) is 36.3. The highest BCUT2D eigenvalue weighted by atomic mass is 16.7. The molecule has 4 aliphatic heterocycles. The van der Waals surface area contributed by atoms with Gasteiger partial charge < -0.3 is 49.2 Å². The second-order valence-electron chi connectivity index (χ2n) is 15.8. The van der Waals surface area contributed by atoms with Crippen LogP contribution in [0.2, 0.25) is 0 Å². The van der Waals surface area contributed by atoms with E-state index in [0.717, 1.165) is 32.5 Å². The number of alkyl carbamates (subject to hydrolysis) is 1. The van der Waals surface area contributed by atoms with Crippen LogP contribution in [0.1, 0.15) is 87.0 Å². The molecule has 4 aliphatic rings. The van der Waals surface area contributed by atoms with E-state index < -0.39 is 65.7 Å². The van der Waals surface area contributed by atoms with Crippen LogP contribution in [0, 0.1) is 17.8 Å². The van der Waals surface area contributed by atoms with Crippen molar-refractivity contribution in [1.29, 1.82) is 0 Å². The maximum Gasteiger partial charge on any atom is 0.408 e. The smallest absolute Gasteiger partial charge is 0.408 e. The van der Waals surface area contributed by atoms with Gasteiger partial charge in [0.2, 0.25) is 0 Å². The third-order valence-corrected chi connectivity index (χ3v) is 11.6. The highest BCUT2D eigenvalue weighted by molar-refractivity contribution is 6.00. The number of esters is 1. The number of carbonyl (C=O) groups is 3. The van der Waals surface area contributed by atoms with Gasteiger partial charge in [-0.2, -0.15) is 0 Å². The fourth-order valence-corrected chi connectivity index (χ4v) is 8.57. The number of amides is 1. The number of methoxy groups -OCH3 is 1.